The second-order valence-corrected chi connectivity index (χ2v) is 2.76. The Hall–Kier alpha value is -1.27. The molecule has 13 heavy (non-hydrogen) atoms. The van der Waals surface area contributed by atoms with Gasteiger partial charge in [-0.25, -0.2) is 0 Å². The maximum Gasteiger partial charge on any atom is 0.247 e. The highest BCUT2D eigenvalue weighted by Gasteiger charge is 2.10. The van der Waals surface area contributed by atoms with E-state index in [0.29, 0.717) is 32.6 Å². The van der Waals surface area contributed by atoms with E-state index in [-0.39, 0.29) is 5.91 Å². The van der Waals surface area contributed by atoms with Crippen molar-refractivity contribution in [2.45, 2.75) is 12.8 Å². The van der Waals surface area contributed by atoms with Crippen molar-refractivity contribution in [3.63, 3.8) is 0 Å². The Kier molecular flexibility index (Phi) is 4.07. The molecular formula is C10H13NO2. The third-order valence-corrected chi connectivity index (χ3v) is 1.81. The van der Waals surface area contributed by atoms with E-state index < -0.39 is 0 Å². The number of hydrogen-bond acceptors (Lipinski definition) is 2. The molecule has 1 N–H and O–H groups in total. The molecule has 0 aromatic carbocycles. The van der Waals surface area contributed by atoms with Gasteiger partial charge in [-0.3, -0.25) is 4.79 Å². The molecule has 0 fully saturated rings. The third kappa shape index (κ3) is 3.30. The van der Waals surface area contributed by atoms with Crippen LogP contribution in [0.2, 0.25) is 0 Å². The fourth-order valence-electron chi connectivity index (χ4n) is 1.09. The zero-order valence-corrected chi connectivity index (χ0v) is 7.51. The first-order valence-electron chi connectivity index (χ1n) is 4.33. The Labute approximate surface area is 78.2 Å². The van der Waals surface area contributed by atoms with Crippen LogP contribution in [0, 0.1) is 12.3 Å². The highest BCUT2D eigenvalue weighted by molar-refractivity contribution is 5.93. The first-order valence-corrected chi connectivity index (χ1v) is 4.33. The van der Waals surface area contributed by atoms with Gasteiger partial charge in [-0.1, -0.05) is 6.08 Å². The number of carbonyl (C=O) groups excluding carboxylic acids is 1. The number of amides is 1. The predicted octanol–water partition coefficient (Wildman–Crippen LogP) is 0.473. The van der Waals surface area contributed by atoms with Crippen molar-refractivity contribution in [1.82, 2.24) is 5.32 Å². The molecule has 0 bridgehead atoms. The van der Waals surface area contributed by atoms with Crippen molar-refractivity contribution < 1.29 is 9.53 Å². The summed E-state index contributed by atoms with van der Waals surface area (Å²) in [7, 11) is 0. The molecule has 0 atom stereocenters. The number of carbonyl (C=O) groups is 1. The zero-order chi connectivity index (χ0) is 9.52. The van der Waals surface area contributed by atoms with Crippen molar-refractivity contribution in [1.29, 1.82) is 0 Å². The van der Waals surface area contributed by atoms with Crippen molar-refractivity contribution >= 4 is 5.91 Å². The van der Waals surface area contributed by atoms with Gasteiger partial charge in [0.1, 0.15) is 0 Å². The molecule has 3 heteroatoms. The Morgan fingerprint density at radius 2 is 2.62 bits per heavy atom. The minimum absolute atomic E-state index is 0.0152. The van der Waals surface area contributed by atoms with Crippen LogP contribution < -0.4 is 5.32 Å². The lowest BCUT2D eigenvalue weighted by Gasteiger charge is -2.12. The van der Waals surface area contributed by atoms with Crippen molar-refractivity contribution in [3.8, 4) is 12.3 Å². The third-order valence-electron chi connectivity index (χ3n) is 1.81. The molecule has 0 saturated heterocycles. The molecule has 3 nitrogen and oxygen atoms in total. The Morgan fingerprint density at radius 1 is 1.77 bits per heavy atom. The largest absolute Gasteiger partial charge is 0.377 e. The topological polar surface area (TPSA) is 38.3 Å². The maximum atomic E-state index is 11.4. The normalized spacial score (nSPS) is 15.8. The van der Waals surface area contributed by atoms with Gasteiger partial charge in [0.25, 0.3) is 0 Å². The summed E-state index contributed by atoms with van der Waals surface area (Å²) in [5.41, 5.74) is 0.809. The fraction of sp³-hybridized carbons (Fsp3) is 0.500. The Morgan fingerprint density at radius 3 is 3.23 bits per heavy atom. The molecule has 1 amide bonds. The molecule has 1 aliphatic heterocycles. The van der Waals surface area contributed by atoms with Gasteiger partial charge in [-0.2, -0.15) is 0 Å². The lowest BCUT2D eigenvalue weighted by Crippen LogP contribution is -2.27. The van der Waals surface area contributed by atoms with E-state index >= 15 is 0 Å². The van der Waals surface area contributed by atoms with Crippen LogP contribution in [-0.4, -0.2) is 25.7 Å². The second-order valence-electron chi connectivity index (χ2n) is 2.76. The summed E-state index contributed by atoms with van der Waals surface area (Å²) in [5.74, 6) is 2.45. The van der Waals surface area contributed by atoms with Gasteiger partial charge in [0.2, 0.25) is 5.91 Å². The van der Waals surface area contributed by atoms with Gasteiger partial charge in [0.05, 0.1) is 13.2 Å². The molecule has 0 aromatic rings. The molecule has 1 rings (SSSR count). The van der Waals surface area contributed by atoms with Crippen LogP contribution in [0.15, 0.2) is 11.6 Å². The number of nitrogens with one attached hydrogen (secondary N) is 1. The summed E-state index contributed by atoms with van der Waals surface area (Å²) in [6.07, 6.45) is 8.15. The molecule has 0 unspecified atom stereocenters. The summed E-state index contributed by atoms with van der Waals surface area (Å²) >= 11 is 0. The molecule has 70 valence electrons. The van der Waals surface area contributed by atoms with E-state index in [1.54, 1.807) is 0 Å². The lowest BCUT2D eigenvalue weighted by molar-refractivity contribution is -0.117. The van der Waals surface area contributed by atoms with Crippen LogP contribution in [0.4, 0.5) is 0 Å². The predicted molar refractivity (Wildman–Crippen MR) is 50.0 cm³/mol. The van der Waals surface area contributed by atoms with Gasteiger partial charge in [0, 0.05) is 25.0 Å². The van der Waals surface area contributed by atoms with E-state index in [1.807, 2.05) is 6.08 Å². The van der Waals surface area contributed by atoms with E-state index in [9.17, 15) is 4.79 Å². The zero-order valence-electron chi connectivity index (χ0n) is 7.51. The fourth-order valence-corrected chi connectivity index (χ4v) is 1.09. The molecule has 1 aliphatic rings. The SMILES string of the molecule is C#CCCNC(=O)C1=CCOCC1. The first kappa shape index (κ1) is 9.82. The van der Waals surface area contributed by atoms with Gasteiger partial charge >= 0.3 is 0 Å². The standard InChI is InChI=1S/C10H13NO2/c1-2-3-6-11-10(12)9-4-7-13-8-5-9/h1,4H,3,5-8H2,(H,11,12). The molecule has 0 saturated carbocycles. The first-order chi connectivity index (χ1) is 6.34. The second kappa shape index (κ2) is 5.39. The molecular weight excluding hydrogens is 166 g/mol. The number of rotatable bonds is 3. The van der Waals surface area contributed by atoms with Crippen molar-refractivity contribution in [3.05, 3.63) is 11.6 Å². The van der Waals surface area contributed by atoms with E-state index in [4.69, 9.17) is 11.2 Å². The monoisotopic (exact) mass is 179 g/mol. The van der Waals surface area contributed by atoms with Gasteiger partial charge < -0.3 is 10.1 Å². The Balaban J connectivity index is 2.30. The summed E-state index contributed by atoms with van der Waals surface area (Å²) in [6.45, 7) is 1.72. The van der Waals surface area contributed by atoms with Crippen LogP contribution in [0.1, 0.15) is 12.8 Å². The molecule has 0 radical (unpaired) electrons. The quantitative estimate of drug-likeness (QED) is 0.505. The summed E-state index contributed by atoms with van der Waals surface area (Å²) < 4.78 is 5.09. The van der Waals surface area contributed by atoms with Gasteiger partial charge in [-0.05, 0) is 0 Å². The van der Waals surface area contributed by atoms with Crippen molar-refractivity contribution in [2.24, 2.45) is 0 Å². The smallest absolute Gasteiger partial charge is 0.247 e. The van der Waals surface area contributed by atoms with Crippen LogP contribution in [0.25, 0.3) is 0 Å². The van der Waals surface area contributed by atoms with Gasteiger partial charge in [-0.15, -0.1) is 12.3 Å². The summed E-state index contributed by atoms with van der Waals surface area (Å²) in [6, 6.07) is 0. The lowest BCUT2D eigenvalue weighted by atomic mass is 10.1. The molecule has 0 aromatic heterocycles. The minimum Gasteiger partial charge on any atom is -0.377 e. The number of terminal acetylenes is 1. The maximum absolute atomic E-state index is 11.4. The molecule has 1 heterocycles. The molecule has 0 aliphatic carbocycles. The number of ether oxygens (including phenoxy) is 1. The Bertz CT molecular complexity index is 250. The summed E-state index contributed by atoms with van der Waals surface area (Å²) in [4.78, 5) is 11.4. The van der Waals surface area contributed by atoms with Crippen LogP contribution in [0.3, 0.4) is 0 Å². The van der Waals surface area contributed by atoms with Crippen LogP contribution in [0.5, 0.6) is 0 Å². The minimum atomic E-state index is -0.0152. The van der Waals surface area contributed by atoms with Crippen molar-refractivity contribution in [2.75, 3.05) is 19.8 Å². The van der Waals surface area contributed by atoms with E-state index in [0.717, 1.165) is 5.57 Å². The molecule has 0 spiro atoms. The number of hydrogen-bond donors (Lipinski definition) is 1. The average molecular weight is 179 g/mol. The average Bonchev–Trinajstić information content (AvgIpc) is 2.19. The summed E-state index contributed by atoms with van der Waals surface area (Å²) in [5, 5.41) is 2.75. The van der Waals surface area contributed by atoms with E-state index in [1.165, 1.54) is 0 Å². The van der Waals surface area contributed by atoms with Crippen LogP contribution >= 0.6 is 0 Å². The van der Waals surface area contributed by atoms with Gasteiger partial charge in [0.15, 0.2) is 0 Å². The highest BCUT2D eigenvalue weighted by atomic mass is 16.5. The van der Waals surface area contributed by atoms with Crippen LogP contribution in [-0.2, 0) is 9.53 Å². The highest BCUT2D eigenvalue weighted by Crippen LogP contribution is 2.06. The van der Waals surface area contributed by atoms with E-state index in [2.05, 4.69) is 11.2 Å².